The van der Waals surface area contributed by atoms with E-state index in [4.69, 9.17) is 0 Å². The zero-order valence-corrected chi connectivity index (χ0v) is 8.29. The molecule has 1 heterocycles. The highest BCUT2D eigenvalue weighted by Crippen LogP contribution is 2.61. The number of ketones is 1. The lowest BCUT2D eigenvalue weighted by molar-refractivity contribution is -0.128. The molecular formula is C11H15NO2. The van der Waals surface area contributed by atoms with E-state index in [2.05, 4.69) is 0 Å². The average molecular weight is 193 g/mol. The van der Waals surface area contributed by atoms with Crippen molar-refractivity contribution in [3.8, 4) is 0 Å². The maximum absolute atomic E-state index is 11.4. The van der Waals surface area contributed by atoms with Gasteiger partial charge in [0, 0.05) is 6.54 Å². The normalized spacial score (nSPS) is 29.9. The summed E-state index contributed by atoms with van der Waals surface area (Å²) >= 11 is 0. The highest BCUT2D eigenvalue weighted by molar-refractivity contribution is 6.05. The molecule has 0 radical (unpaired) electrons. The Kier molecular flexibility index (Phi) is 1.56. The predicted octanol–water partition coefficient (Wildman–Crippen LogP) is 0.978. The molecule has 2 saturated carbocycles. The molecule has 3 fully saturated rings. The fourth-order valence-corrected chi connectivity index (χ4v) is 2.71. The van der Waals surface area contributed by atoms with Crippen molar-refractivity contribution in [2.45, 2.75) is 32.1 Å². The van der Waals surface area contributed by atoms with Crippen LogP contribution in [-0.4, -0.2) is 29.7 Å². The van der Waals surface area contributed by atoms with Gasteiger partial charge in [0.05, 0.1) is 13.0 Å². The van der Waals surface area contributed by atoms with Gasteiger partial charge in [-0.25, -0.2) is 0 Å². The van der Waals surface area contributed by atoms with Gasteiger partial charge in [0.2, 0.25) is 5.91 Å². The minimum absolute atomic E-state index is 0.0573. The van der Waals surface area contributed by atoms with Crippen molar-refractivity contribution < 1.29 is 9.59 Å². The SMILES string of the molecule is O=C1CC(=O)N(CC2(C3CC3)CC2)C1. The van der Waals surface area contributed by atoms with Crippen molar-refractivity contribution in [3.05, 3.63) is 0 Å². The summed E-state index contributed by atoms with van der Waals surface area (Å²) in [5.74, 6) is 1.02. The molecule has 0 N–H and O–H groups in total. The Hall–Kier alpha value is -0.860. The molecule has 3 aliphatic rings. The van der Waals surface area contributed by atoms with Gasteiger partial charge in [0.15, 0.2) is 5.78 Å². The molecule has 0 aromatic carbocycles. The fourth-order valence-electron chi connectivity index (χ4n) is 2.71. The standard InChI is InChI=1S/C11H15NO2/c13-9-5-10(14)12(6-9)7-11(3-4-11)8-1-2-8/h8H,1-7H2. The largest absolute Gasteiger partial charge is 0.334 e. The Bertz CT molecular complexity index is 302. The van der Waals surface area contributed by atoms with Crippen LogP contribution in [-0.2, 0) is 9.59 Å². The van der Waals surface area contributed by atoms with Crippen LogP contribution in [0, 0.1) is 11.3 Å². The number of nitrogens with zero attached hydrogens (tertiary/aromatic N) is 1. The number of carbonyl (C=O) groups is 2. The van der Waals surface area contributed by atoms with E-state index in [9.17, 15) is 9.59 Å². The minimum atomic E-state index is 0.0573. The lowest BCUT2D eigenvalue weighted by Crippen LogP contribution is -2.32. The third-order valence-corrected chi connectivity index (χ3v) is 3.91. The first kappa shape index (κ1) is 8.45. The van der Waals surface area contributed by atoms with Crippen LogP contribution in [0.25, 0.3) is 0 Å². The molecule has 0 spiro atoms. The summed E-state index contributed by atoms with van der Waals surface area (Å²) in [7, 11) is 0. The number of hydrogen-bond acceptors (Lipinski definition) is 2. The molecule has 2 aliphatic carbocycles. The first-order valence-corrected chi connectivity index (χ1v) is 5.49. The van der Waals surface area contributed by atoms with E-state index >= 15 is 0 Å². The maximum atomic E-state index is 11.4. The molecule has 0 aromatic heterocycles. The van der Waals surface area contributed by atoms with Gasteiger partial charge in [0.25, 0.3) is 0 Å². The van der Waals surface area contributed by atoms with Crippen LogP contribution in [0.4, 0.5) is 0 Å². The molecular weight excluding hydrogens is 178 g/mol. The van der Waals surface area contributed by atoms with Crippen molar-refractivity contribution in [1.29, 1.82) is 0 Å². The van der Waals surface area contributed by atoms with Gasteiger partial charge in [-0.3, -0.25) is 9.59 Å². The van der Waals surface area contributed by atoms with Crippen molar-refractivity contribution >= 4 is 11.7 Å². The lowest BCUT2D eigenvalue weighted by atomic mass is 10.0. The summed E-state index contributed by atoms with van der Waals surface area (Å²) in [4.78, 5) is 24.3. The predicted molar refractivity (Wildman–Crippen MR) is 50.6 cm³/mol. The summed E-state index contributed by atoms with van der Waals surface area (Å²) in [6.07, 6.45) is 5.39. The van der Waals surface area contributed by atoms with Crippen LogP contribution >= 0.6 is 0 Å². The summed E-state index contributed by atoms with van der Waals surface area (Å²) in [6, 6.07) is 0. The van der Waals surface area contributed by atoms with Crippen LogP contribution < -0.4 is 0 Å². The number of Topliss-reactive ketones (excluding diaryl/α,β-unsaturated/α-hetero) is 1. The highest BCUT2D eigenvalue weighted by atomic mass is 16.2. The van der Waals surface area contributed by atoms with Crippen LogP contribution in [0.5, 0.6) is 0 Å². The molecule has 0 bridgehead atoms. The minimum Gasteiger partial charge on any atom is -0.334 e. The number of rotatable bonds is 3. The Balaban J connectivity index is 1.67. The Morgan fingerprint density at radius 3 is 2.43 bits per heavy atom. The van der Waals surface area contributed by atoms with Crippen molar-refractivity contribution in [2.75, 3.05) is 13.1 Å². The summed E-state index contributed by atoms with van der Waals surface area (Å²) in [6.45, 7) is 1.25. The van der Waals surface area contributed by atoms with Crippen LogP contribution in [0.2, 0.25) is 0 Å². The molecule has 14 heavy (non-hydrogen) atoms. The van der Waals surface area contributed by atoms with Crippen LogP contribution in [0.1, 0.15) is 32.1 Å². The molecule has 3 heteroatoms. The molecule has 1 saturated heterocycles. The first-order valence-electron chi connectivity index (χ1n) is 5.49. The molecule has 1 aliphatic heterocycles. The van der Waals surface area contributed by atoms with Gasteiger partial charge in [-0.2, -0.15) is 0 Å². The second kappa shape index (κ2) is 2.59. The topological polar surface area (TPSA) is 37.4 Å². The molecule has 0 atom stereocenters. The highest BCUT2D eigenvalue weighted by Gasteiger charge is 2.55. The summed E-state index contributed by atoms with van der Waals surface area (Å²) in [5, 5.41) is 0. The van der Waals surface area contributed by atoms with E-state index in [1.165, 1.54) is 25.7 Å². The van der Waals surface area contributed by atoms with Crippen molar-refractivity contribution in [2.24, 2.45) is 11.3 Å². The smallest absolute Gasteiger partial charge is 0.230 e. The van der Waals surface area contributed by atoms with Gasteiger partial charge in [-0.1, -0.05) is 0 Å². The van der Waals surface area contributed by atoms with E-state index in [-0.39, 0.29) is 18.1 Å². The third-order valence-electron chi connectivity index (χ3n) is 3.91. The number of amides is 1. The zero-order chi connectivity index (χ0) is 9.76. The molecule has 76 valence electrons. The first-order chi connectivity index (χ1) is 6.70. The van der Waals surface area contributed by atoms with E-state index < -0.39 is 0 Å². The second-order valence-electron chi connectivity index (χ2n) is 5.10. The van der Waals surface area contributed by atoms with E-state index in [1.54, 1.807) is 4.90 Å². The van der Waals surface area contributed by atoms with E-state index in [0.29, 0.717) is 12.0 Å². The number of carbonyl (C=O) groups excluding carboxylic acids is 2. The van der Waals surface area contributed by atoms with Gasteiger partial charge < -0.3 is 4.90 Å². The van der Waals surface area contributed by atoms with Crippen LogP contribution in [0.3, 0.4) is 0 Å². The van der Waals surface area contributed by atoms with E-state index in [1.807, 2.05) is 0 Å². The Morgan fingerprint density at radius 1 is 1.29 bits per heavy atom. The average Bonchev–Trinajstić information content (AvgIpc) is 2.97. The molecule has 3 nitrogen and oxygen atoms in total. The lowest BCUT2D eigenvalue weighted by Gasteiger charge is -2.22. The number of hydrogen-bond donors (Lipinski definition) is 0. The van der Waals surface area contributed by atoms with Gasteiger partial charge in [0.1, 0.15) is 0 Å². The van der Waals surface area contributed by atoms with Gasteiger partial charge in [-0.05, 0) is 37.0 Å². The van der Waals surface area contributed by atoms with Gasteiger partial charge in [-0.15, -0.1) is 0 Å². The summed E-state index contributed by atoms with van der Waals surface area (Å²) in [5.41, 5.74) is 0.445. The summed E-state index contributed by atoms with van der Waals surface area (Å²) < 4.78 is 0. The van der Waals surface area contributed by atoms with E-state index in [0.717, 1.165) is 12.5 Å². The monoisotopic (exact) mass is 193 g/mol. The van der Waals surface area contributed by atoms with Gasteiger partial charge >= 0.3 is 0 Å². The zero-order valence-electron chi connectivity index (χ0n) is 8.29. The molecule has 3 rings (SSSR count). The van der Waals surface area contributed by atoms with Crippen LogP contribution in [0.15, 0.2) is 0 Å². The number of likely N-dealkylation sites (tertiary alicyclic amines) is 1. The Morgan fingerprint density at radius 2 is 2.00 bits per heavy atom. The third kappa shape index (κ3) is 1.26. The maximum Gasteiger partial charge on any atom is 0.230 e. The Labute approximate surface area is 83.5 Å². The molecule has 0 aromatic rings. The fraction of sp³-hybridized carbons (Fsp3) is 0.818. The molecule has 1 amide bonds. The van der Waals surface area contributed by atoms with Crippen molar-refractivity contribution in [3.63, 3.8) is 0 Å². The van der Waals surface area contributed by atoms with Crippen molar-refractivity contribution in [1.82, 2.24) is 4.90 Å². The molecule has 0 unspecified atom stereocenters. The quantitative estimate of drug-likeness (QED) is 0.626. The second-order valence-corrected chi connectivity index (χ2v) is 5.10.